The number of halogens is 1. The minimum absolute atomic E-state index is 0.171. The van der Waals surface area contributed by atoms with Gasteiger partial charge in [-0.2, -0.15) is 0 Å². The van der Waals surface area contributed by atoms with Gasteiger partial charge in [-0.3, -0.25) is 0 Å². The summed E-state index contributed by atoms with van der Waals surface area (Å²) >= 11 is 3.21. The van der Waals surface area contributed by atoms with Crippen LogP contribution in [0.1, 0.15) is 6.42 Å². The highest BCUT2D eigenvalue weighted by Crippen LogP contribution is 2.17. The number of alkyl halides is 1. The Bertz CT molecular complexity index is 397. The van der Waals surface area contributed by atoms with Crippen molar-refractivity contribution in [3.8, 4) is 5.75 Å². The second-order valence-corrected chi connectivity index (χ2v) is 5.94. The smallest absolute Gasteiger partial charge is 0.178 e. The van der Waals surface area contributed by atoms with E-state index >= 15 is 0 Å². The van der Waals surface area contributed by atoms with Crippen LogP contribution in [0.15, 0.2) is 29.2 Å². The van der Waals surface area contributed by atoms with Crippen molar-refractivity contribution in [3.63, 3.8) is 0 Å². The van der Waals surface area contributed by atoms with Crippen molar-refractivity contribution in [2.75, 3.05) is 18.2 Å². The van der Waals surface area contributed by atoms with Gasteiger partial charge in [-0.15, -0.1) is 0 Å². The van der Waals surface area contributed by atoms with Gasteiger partial charge in [-0.05, 0) is 30.7 Å². The fourth-order valence-corrected chi connectivity index (χ4v) is 3.11. The summed E-state index contributed by atoms with van der Waals surface area (Å²) in [6.45, 7) is 0. The number of ether oxygens (including phenoxy) is 1. The molecule has 0 saturated heterocycles. The zero-order chi connectivity index (χ0) is 11.3. The summed E-state index contributed by atoms with van der Waals surface area (Å²) in [6, 6.07) is 6.45. The number of sulfone groups is 1. The van der Waals surface area contributed by atoms with E-state index in [0.29, 0.717) is 22.4 Å². The molecule has 0 spiro atoms. The van der Waals surface area contributed by atoms with E-state index in [1.165, 1.54) is 0 Å². The maximum Gasteiger partial charge on any atom is 0.178 e. The van der Waals surface area contributed by atoms with E-state index in [0.717, 1.165) is 0 Å². The molecule has 1 rings (SSSR count). The Morgan fingerprint density at radius 3 is 2.33 bits per heavy atom. The molecule has 0 radical (unpaired) electrons. The summed E-state index contributed by atoms with van der Waals surface area (Å²) in [7, 11) is -1.58. The van der Waals surface area contributed by atoms with Gasteiger partial charge in [0.2, 0.25) is 0 Å². The summed E-state index contributed by atoms with van der Waals surface area (Å²) in [5.41, 5.74) is 0. The molecule has 0 aliphatic heterocycles. The molecule has 3 nitrogen and oxygen atoms in total. The molecule has 0 fully saturated rings. The summed E-state index contributed by atoms with van der Waals surface area (Å²) in [6.07, 6.45) is 0.619. The normalized spacial score (nSPS) is 11.3. The Kier molecular flexibility index (Phi) is 4.60. The number of hydrogen-bond acceptors (Lipinski definition) is 3. The fourth-order valence-electron chi connectivity index (χ4n) is 1.15. The molecule has 0 aliphatic rings. The Hall–Kier alpha value is -0.550. The third kappa shape index (κ3) is 3.50. The average Bonchev–Trinajstić information content (AvgIpc) is 2.26. The first-order valence-corrected chi connectivity index (χ1v) is 7.30. The lowest BCUT2D eigenvalue weighted by Crippen LogP contribution is -2.07. The average molecular weight is 293 g/mol. The molecule has 1 aromatic carbocycles. The minimum atomic E-state index is -3.13. The molecule has 1 aromatic rings. The van der Waals surface area contributed by atoms with Crippen LogP contribution in [-0.2, 0) is 9.84 Å². The molecule has 5 heteroatoms. The Morgan fingerprint density at radius 1 is 1.27 bits per heavy atom. The zero-order valence-corrected chi connectivity index (χ0v) is 10.8. The van der Waals surface area contributed by atoms with Crippen LogP contribution < -0.4 is 4.74 Å². The van der Waals surface area contributed by atoms with Crippen LogP contribution in [0.4, 0.5) is 0 Å². The van der Waals surface area contributed by atoms with Crippen molar-refractivity contribution in [2.45, 2.75) is 11.3 Å². The first-order chi connectivity index (χ1) is 7.10. The monoisotopic (exact) mass is 292 g/mol. The van der Waals surface area contributed by atoms with Gasteiger partial charge >= 0.3 is 0 Å². The SMILES string of the molecule is COc1ccc(S(=O)(=O)CCCBr)cc1. The highest BCUT2D eigenvalue weighted by Gasteiger charge is 2.13. The molecule has 0 saturated carbocycles. The lowest BCUT2D eigenvalue weighted by molar-refractivity contribution is 0.414. The zero-order valence-electron chi connectivity index (χ0n) is 8.44. The number of hydrogen-bond donors (Lipinski definition) is 0. The van der Waals surface area contributed by atoms with Crippen molar-refractivity contribution in [1.29, 1.82) is 0 Å². The molecule has 0 unspecified atom stereocenters. The van der Waals surface area contributed by atoms with E-state index < -0.39 is 9.84 Å². The van der Waals surface area contributed by atoms with E-state index in [1.807, 2.05) is 0 Å². The van der Waals surface area contributed by atoms with E-state index in [1.54, 1.807) is 31.4 Å². The summed E-state index contributed by atoms with van der Waals surface area (Å²) < 4.78 is 28.4. The van der Waals surface area contributed by atoms with Crippen LogP contribution in [0, 0.1) is 0 Å². The van der Waals surface area contributed by atoms with Crippen LogP contribution >= 0.6 is 15.9 Å². The summed E-state index contributed by atoms with van der Waals surface area (Å²) in [5.74, 6) is 0.833. The maximum absolute atomic E-state index is 11.7. The van der Waals surface area contributed by atoms with Gasteiger partial charge in [-0.1, -0.05) is 15.9 Å². The van der Waals surface area contributed by atoms with Gasteiger partial charge in [0.1, 0.15) is 5.75 Å². The summed E-state index contributed by atoms with van der Waals surface area (Å²) in [5, 5.41) is 0.697. The van der Waals surface area contributed by atoms with Crippen molar-refractivity contribution in [3.05, 3.63) is 24.3 Å². The van der Waals surface area contributed by atoms with Crippen molar-refractivity contribution >= 4 is 25.8 Å². The predicted molar refractivity (Wildman–Crippen MR) is 63.5 cm³/mol. The number of methoxy groups -OCH3 is 1. The van der Waals surface area contributed by atoms with Crippen LogP contribution in [0.2, 0.25) is 0 Å². The molecule has 0 bridgehead atoms. The van der Waals surface area contributed by atoms with Crippen molar-refractivity contribution < 1.29 is 13.2 Å². The predicted octanol–water partition coefficient (Wildman–Crippen LogP) is 2.25. The topological polar surface area (TPSA) is 43.4 Å². The Morgan fingerprint density at radius 2 is 1.87 bits per heavy atom. The summed E-state index contributed by atoms with van der Waals surface area (Å²) in [4.78, 5) is 0.351. The standard InChI is InChI=1S/C10H13BrO3S/c1-14-9-3-5-10(6-4-9)15(12,13)8-2-7-11/h3-6H,2,7-8H2,1H3. The fraction of sp³-hybridized carbons (Fsp3) is 0.400. The largest absolute Gasteiger partial charge is 0.497 e. The van der Waals surface area contributed by atoms with Gasteiger partial charge in [0.05, 0.1) is 17.8 Å². The van der Waals surface area contributed by atoms with Crippen molar-refractivity contribution in [2.24, 2.45) is 0 Å². The van der Waals surface area contributed by atoms with E-state index in [9.17, 15) is 8.42 Å². The number of rotatable bonds is 5. The van der Waals surface area contributed by atoms with Gasteiger partial charge < -0.3 is 4.74 Å². The highest BCUT2D eigenvalue weighted by molar-refractivity contribution is 9.09. The van der Waals surface area contributed by atoms with Gasteiger partial charge in [0.15, 0.2) is 9.84 Å². The minimum Gasteiger partial charge on any atom is -0.497 e. The van der Waals surface area contributed by atoms with E-state index in [2.05, 4.69) is 15.9 Å². The Balaban J connectivity index is 2.86. The van der Waals surface area contributed by atoms with Gasteiger partial charge in [-0.25, -0.2) is 8.42 Å². The lowest BCUT2D eigenvalue weighted by Gasteiger charge is -2.04. The lowest BCUT2D eigenvalue weighted by atomic mass is 10.3. The van der Waals surface area contributed by atoms with Gasteiger partial charge in [0.25, 0.3) is 0 Å². The van der Waals surface area contributed by atoms with Crippen molar-refractivity contribution in [1.82, 2.24) is 0 Å². The number of benzene rings is 1. The Labute approximate surface area is 98.5 Å². The maximum atomic E-state index is 11.7. The molecular formula is C10H13BrO3S. The van der Waals surface area contributed by atoms with Crippen LogP contribution in [0.25, 0.3) is 0 Å². The van der Waals surface area contributed by atoms with E-state index in [-0.39, 0.29) is 5.75 Å². The first-order valence-electron chi connectivity index (χ1n) is 4.53. The molecule has 84 valence electrons. The molecule has 0 aliphatic carbocycles. The quantitative estimate of drug-likeness (QED) is 0.782. The van der Waals surface area contributed by atoms with Gasteiger partial charge in [0, 0.05) is 5.33 Å². The highest BCUT2D eigenvalue weighted by atomic mass is 79.9. The molecule has 0 amide bonds. The molecule has 0 aromatic heterocycles. The van der Waals surface area contributed by atoms with Crippen LogP contribution in [0.3, 0.4) is 0 Å². The molecule has 15 heavy (non-hydrogen) atoms. The molecular weight excluding hydrogens is 280 g/mol. The second-order valence-electron chi connectivity index (χ2n) is 3.04. The molecule has 0 atom stereocenters. The molecule has 0 N–H and O–H groups in total. The van der Waals surface area contributed by atoms with Crippen LogP contribution in [0.5, 0.6) is 5.75 Å². The third-order valence-corrected chi connectivity index (χ3v) is 4.34. The molecule has 0 heterocycles. The first kappa shape index (κ1) is 12.5. The van der Waals surface area contributed by atoms with E-state index in [4.69, 9.17) is 4.74 Å². The van der Waals surface area contributed by atoms with Crippen LogP contribution in [-0.4, -0.2) is 26.6 Å². The second kappa shape index (κ2) is 5.51. The third-order valence-electron chi connectivity index (χ3n) is 1.97.